The fourth-order valence-electron chi connectivity index (χ4n) is 4.56. The van der Waals surface area contributed by atoms with Gasteiger partial charge >= 0.3 is 6.09 Å². The van der Waals surface area contributed by atoms with Gasteiger partial charge in [-0.1, -0.05) is 6.07 Å². The lowest BCUT2D eigenvalue weighted by Gasteiger charge is -2.28. The predicted octanol–water partition coefficient (Wildman–Crippen LogP) is 5.39. The molecule has 2 aliphatic rings. The van der Waals surface area contributed by atoms with Crippen LogP contribution in [0.25, 0.3) is 11.3 Å². The van der Waals surface area contributed by atoms with Crippen molar-refractivity contribution in [1.29, 1.82) is 0 Å². The molecular formula is C25H28F2N4O2. The van der Waals surface area contributed by atoms with Gasteiger partial charge in [0, 0.05) is 49.9 Å². The number of benzene rings is 1. The van der Waals surface area contributed by atoms with Gasteiger partial charge in [-0.25, -0.2) is 18.1 Å². The minimum absolute atomic E-state index is 0.173. The number of carbonyl (C=O) groups excluding carboxylic acids is 1. The molecule has 0 N–H and O–H groups in total. The van der Waals surface area contributed by atoms with E-state index in [0.717, 1.165) is 17.1 Å². The summed E-state index contributed by atoms with van der Waals surface area (Å²) in [6.07, 6.45) is 2.28. The third-order valence-corrected chi connectivity index (χ3v) is 6.19. The van der Waals surface area contributed by atoms with E-state index >= 15 is 0 Å². The highest BCUT2D eigenvalue weighted by molar-refractivity contribution is 5.81. The Balaban J connectivity index is 1.56. The van der Waals surface area contributed by atoms with Crippen LogP contribution in [0.2, 0.25) is 0 Å². The van der Waals surface area contributed by atoms with Crippen LogP contribution in [0.4, 0.5) is 19.4 Å². The molecule has 5 rings (SSSR count). The van der Waals surface area contributed by atoms with Gasteiger partial charge in [0.1, 0.15) is 17.2 Å². The van der Waals surface area contributed by atoms with Gasteiger partial charge in [0.05, 0.1) is 11.3 Å². The molecule has 2 aromatic heterocycles. The first kappa shape index (κ1) is 21.7. The maximum absolute atomic E-state index is 14.7. The minimum atomic E-state index is -0.743. The van der Waals surface area contributed by atoms with Crippen LogP contribution < -0.4 is 4.90 Å². The number of rotatable bonds is 3. The first-order valence-electron chi connectivity index (χ1n) is 11.3. The highest BCUT2D eigenvalue weighted by Gasteiger charge is 2.32. The van der Waals surface area contributed by atoms with Gasteiger partial charge in [0.15, 0.2) is 5.82 Å². The lowest BCUT2D eigenvalue weighted by molar-refractivity contribution is 0.0535. The van der Waals surface area contributed by atoms with E-state index in [2.05, 4.69) is 11.0 Å². The van der Waals surface area contributed by atoms with Crippen molar-refractivity contribution in [2.24, 2.45) is 7.05 Å². The van der Waals surface area contributed by atoms with Crippen molar-refractivity contribution in [3.63, 3.8) is 0 Å². The van der Waals surface area contributed by atoms with Crippen molar-refractivity contribution in [3.05, 3.63) is 58.9 Å². The van der Waals surface area contributed by atoms with Gasteiger partial charge in [0.2, 0.25) is 0 Å². The summed E-state index contributed by atoms with van der Waals surface area (Å²) in [5.74, 6) is 0.0322. The summed E-state index contributed by atoms with van der Waals surface area (Å²) in [6, 6.07) is 7.55. The molecule has 33 heavy (non-hydrogen) atoms. The minimum Gasteiger partial charge on any atom is -0.443 e. The monoisotopic (exact) mass is 454 g/mol. The Morgan fingerprint density at radius 3 is 2.48 bits per heavy atom. The van der Waals surface area contributed by atoms with E-state index in [1.807, 2.05) is 11.7 Å². The molecule has 1 aliphatic carbocycles. The van der Waals surface area contributed by atoms with Gasteiger partial charge in [-0.15, -0.1) is 0 Å². The van der Waals surface area contributed by atoms with Gasteiger partial charge in [-0.05, 0) is 57.4 Å². The molecule has 6 nitrogen and oxygen atoms in total. The van der Waals surface area contributed by atoms with E-state index in [9.17, 15) is 13.6 Å². The zero-order valence-electron chi connectivity index (χ0n) is 19.4. The van der Waals surface area contributed by atoms with Gasteiger partial charge < -0.3 is 9.64 Å². The standard InChI is InChI=1S/C25H28F2N4O2/c1-25(2,3)33-24(32)31-19-10-11-30(22-13-20(15-8-9-15)29(4)28-22)14-16(19)12-21(31)23-17(26)6-5-7-18(23)27/h5-7,12-13,15H,8-11,14H2,1-4H3. The summed E-state index contributed by atoms with van der Waals surface area (Å²) >= 11 is 0. The Labute approximate surface area is 191 Å². The number of fused-ring (bicyclic) bond motifs is 1. The molecular weight excluding hydrogens is 426 g/mol. The lowest BCUT2D eigenvalue weighted by Crippen LogP contribution is -2.33. The molecule has 0 spiro atoms. The highest BCUT2D eigenvalue weighted by Crippen LogP contribution is 2.41. The van der Waals surface area contributed by atoms with Crippen LogP contribution >= 0.6 is 0 Å². The molecule has 0 unspecified atom stereocenters. The zero-order valence-corrected chi connectivity index (χ0v) is 19.4. The average Bonchev–Trinajstić information content (AvgIpc) is 3.38. The van der Waals surface area contributed by atoms with Crippen molar-refractivity contribution >= 4 is 11.9 Å². The fourth-order valence-corrected chi connectivity index (χ4v) is 4.56. The van der Waals surface area contributed by atoms with Crippen LogP contribution in [0, 0.1) is 11.6 Å². The quantitative estimate of drug-likeness (QED) is 0.533. The van der Waals surface area contributed by atoms with Crippen molar-refractivity contribution in [3.8, 4) is 11.3 Å². The third-order valence-electron chi connectivity index (χ3n) is 6.19. The number of anilines is 1. The highest BCUT2D eigenvalue weighted by atomic mass is 19.1. The second-order valence-corrected chi connectivity index (χ2v) is 9.91. The average molecular weight is 455 g/mol. The predicted molar refractivity (Wildman–Crippen MR) is 121 cm³/mol. The number of nitrogens with zero attached hydrogens (tertiary/aromatic N) is 4. The summed E-state index contributed by atoms with van der Waals surface area (Å²) in [5.41, 5.74) is 1.99. The number of carbonyl (C=O) groups is 1. The Morgan fingerprint density at radius 2 is 1.85 bits per heavy atom. The number of hydrogen-bond donors (Lipinski definition) is 0. The first-order valence-corrected chi connectivity index (χ1v) is 11.3. The molecule has 1 saturated carbocycles. The van der Waals surface area contributed by atoms with Crippen molar-refractivity contribution in [2.75, 3.05) is 11.4 Å². The van der Waals surface area contributed by atoms with Gasteiger partial charge in [-0.2, -0.15) is 5.10 Å². The first-order chi connectivity index (χ1) is 15.6. The van der Waals surface area contributed by atoms with Crippen LogP contribution in [-0.2, 0) is 24.8 Å². The third kappa shape index (κ3) is 4.03. The van der Waals surface area contributed by atoms with Crippen LogP contribution in [0.15, 0.2) is 30.3 Å². The molecule has 8 heteroatoms. The second-order valence-electron chi connectivity index (χ2n) is 9.91. The molecule has 0 atom stereocenters. The van der Waals surface area contributed by atoms with E-state index in [4.69, 9.17) is 9.84 Å². The molecule has 1 aliphatic heterocycles. The second kappa shape index (κ2) is 7.71. The van der Waals surface area contributed by atoms with Crippen LogP contribution in [0.3, 0.4) is 0 Å². The van der Waals surface area contributed by atoms with Gasteiger partial charge in [-0.3, -0.25) is 4.68 Å². The van der Waals surface area contributed by atoms with E-state index in [1.54, 1.807) is 26.8 Å². The molecule has 1 fully saturated rings. The molecule has 3 aromatic rings. The van der Waals surface area contributed by atoms with Crippen molar-refractivity contribution in [2.45, 2.75) is 58.1 Å². The topological polar surface area (TPSA) is 52.3 Å². The molecule has 0 saturated heterocycles. The largest absolute Gasteiger partial charge is 0.443 e. The number of halogens is 2. The summed E-state index contributed by atoms with van der Waals surface area (Å²) in [7, 11) is 1.96. The maximum Gasteiger partial charge on any atom is 0.419 e. The Morgan fingerprint density at radius 1 is 1.15 bits per heavy atom. The summed E-state index contributed by atoms with van der Waals surface area (Å²) in [4.78, 5) is 15.3. The lowest BCUT2D eigenvalue weighted by atomic mass is 10.1. The van der Waals surface area contributed by atoms with Crippen LogP contribution in [-0.4, -0.2) is 32.6 Å². The maximum atomic E-state index is 14.7. The Hall–Kier alpha value is -3.16. The molecule has 0 amide bonds. The smallest absolute Gasteiger partial charge is 0.419 e. The summed E-state index contributed by atoms with van der Waals surface area (Å²) in [5, 5.41) is 4.69. The normalized spacial score (nSPS) is 16.1. The number of aryl methyl sites for hydroxylation is 1. The van der Waals surface area contributed by atoms with Crippen molar-refractivity contribution in [1.82, 2.24) is 14.3 Å². The molecule has 174 valence electrons. The van der Waals surface area contributed by atoms with Crippen LogP contribution in [0.5, 0.6) is 0 Å². The van der Waals surface area contributed by atoms with Crippen molar-refractivity contribution < 1.29 is 18.3 Å². The van der Waals surface area contributed by atoms with Crippen LogP contribution in [0.1, 0.15) is 56.5 Å². The SMILES string of the molecule is Cn1nc(N2CCc3c(cc(-c4c(F)cccc4F)n3C(=O)OC(C)(C)C)C2)cc1C1CC1. The number of hydrogen-bond acceptors (Lipinski definition) is 4. The molecule has 3 heterocycles. The molecule has 1 aromatic carbocycles. The van der Waals surface area contributed by atoms with E-state index < -0.39 is 23.3 Å². The fraction of sp³-hybridized carbons (Fsp3) is 0.440. The zero-order chi connectivity index (χ0) is 23.5. The summed E-state index contributed by atoms with van der Waals surface area (Å²) < 4.78 is 38.3. The Bertz CT molecular complexity index is 1210. The van der Waals surface area contributed by atoms with E-state index in [-0.39, 0.29) is 11.3 Å². The van der Waals surface area contributed by atoms with E-state index in [0.29, 0.717) is 25.4 Å². The van der Waals surface area contributed by atoms with E-state index in [1.165, 1.54) is 41.3 Å². The Kier molecular flexibility index (Phi) is 5.06. The molecule has 0 bridgehead atoms. The van der Waals surface area contributed by atoms with Gasteiger partial charge in [0.25, 0.3) is 0 Å². The number of aromatic nitrogens is 3. The number of ether oxygens (including phenoxy) is 1. The molecule has 0 radical (unpaired) electrons. The summed E-state index contributed by atoms with van der Waals surface area (Å²) in [6.45, 7) is 6.44.